The van der Waals surface area contributed by atoms with Crippen LogP contribution in [0.4, 0.5) is 0 Å². The number of aromatic nitrogens is 7. The van der Waals surface area contributed by atoms with Gasteiger partial charge in [0, 0.05) is 37.7 Å². The van der Waals surface area contributed by atoms with Crippen molar-refractivity contribution in [1.82, 2.24) is 34.3 Å². The van der Waals surface area contributed by atoms with Gasteiger partial charge in [-0.15, -0.1) is 5.10 Å². The Hall–Kier alpha value is -3.42. The molecule has 0 bridgehead atoms. The maximum absolute atomic E-state index is 5.52. The number of hydrogen-bond acceptors (Lipinski definition) is 5. The van der Waals surface area contributed by atoms with Gasteiger partial charge in [0.25, 0.3) is 0 Å². The lowest BCUT2D eigenvalue weighted by Crippen LogP contribution is -2.09. The predicted octanol–water partition coefficient (Wildman–Crippen LogP) is 2.88. The van der Waals surface area contributed by atoms with Gasteiger partial charge in [-0.1, -0.05) is 18.2 Å². The number of fused-ring (bicyclic) bond motifs is 1. The third-order valence-corrected chi connectivity index (χ3v) is 5.73. The van der Waals surface area contributed by atoms with Crippen LogP contribution in [-0.4, -0.2) is 41.4 Å². The van der Waals surface area contributed by atoms with Crippen LogP contribution in [0.15, 0.2) is 36.5 Å². The van der Waals surface area contributed by atoms with Crippen LogP contribution < -0.4 is 4.74 Å². The Morgan fingerprint density at radius 2 is 1.83 bits per heavy atom. The van der Waals surface area contributed by atoms with Crippen LogP contribution in [0.5, 0.6) is 5.75 Å². The second kappa shape index (κ2) is 7.44. The molecule has 0 fully saturated rings. The molecule has 4 aromatic rings. The summed E-state index contributed by atoms with van der Waals surface area (Å²) in [6, 6.07) is 9.95. The van der Waals surface area contributed by atoms with E-state index in [0.717, 1.165) is 47.3 Å². The maximum Gasteiger partial charge on any atom is 0.183 e. The highest BCUT2D eigenvalue weighted by Crippen LogP contribution is 2.32. The Morgan fingerprint density at radius 1 is 1.00 bits per heavy atom. The Bertz CT molecular complexity index is 1200. The van der Waals surface area contributed by atoms with E-state index in [1.54, 1.807) is 13.3 Å². The molecule has 5 rings (SSSR count). The van der Waals surface area contributed by atoms with Crippen molar-refractivity contribution >= 4 is 0 Å². The number of para-hydroxylation sites is 1. The third-order valence-electron chi connectivity index (χ3n) is 5.73. The first-order valence-corrected chi connectivity index (χ1v) is 10.3. The van der Waals surface area contributed by atoms with E-state index in [4.69, 9.17) is 19.9 Å². The van der Waals surface area contributed by atoms with Gasteiger partial charge in [0.15, 0.2) is 17.5 Å². The highest BCUT2D eigenvalue weighted by molar-refractivity contribution is 5.60. The fourth-order valence-corrected chi connectivity index (χ4v) is 4.30. The van der Waals surface area contributed by atoms with E-state index < -0.39 is 0 Å². The van der Waals surface area contributed by atoms with Crippen LogP contribution >= 0.6 is 0 Å². The molecule has 8 nitrogen and oxygen atoms in total. The summed E-state index contributed by atoms with van der Waals surface area (Å²) < 4.78 is 11.2. The Morgan fingerprint density at radius 3 is 2.63 bits per heavy atom. The number of methoxy groups -OCH3 is 1. The molecule has 154 valence electrons. The lowest BCUT2D eigenvalue weighted by atomic mass is 9.95. The molecule has 0 N–H and O–H groups in total. The van der Waals surface area contributed by atoms with Crippen LogP contribution in [0.3, 0.4) is 0 Å². The Kier molecular flexibility index (Phi) is 4.61. The van der Waals surface area contributed by atoms with E-state index in [2.05, 4.69) is 11.2 Å². The monoisotopic (exact) mass is 403 g/mol. The number of benzene rings is 1. The van der Waals surface area contributed by atoms with Gasteiger partial charge in [-0.2, -0.15) is 14.9 Å². The minimum atomic E-state index is 0.585. The van der Waals surface area contributed by atoms with Gasteiger partial charge >= 0.3 is 0 Å². The molecule has 3 aromatic heterocycles. The average Bonchev–Trinajstić information content (AvgIpc) is 3.44. The fourth-order valence-electron chi connectivity index (χ4n) is 4.30. The molecule has 0 spiro atoms. The van der Waals surface area contributed by atoms with E-state index in [9.17, 15) is 0 Å². The summed E-state index contributed by atoms with van der Waals surface area (Å²) in [6.07, 6.45) is 6.79. The van der Waals surface area contributed by atoms with E-state index in [1.165, 1.54) is 24.1 Å². The summed E-state index contributed by atoms with van der Waals surface area (Å²) >= 11 is 0. The third kappa shape index (κ3) is 3.08. The molecule has 0 saturated carbocycles. The lowest BCUT2D eigenvalue weighted by Gasteiger charge is -2.11. The van der Waals surface area contributed by atoms with E-state index >= 15 is 0 Å². The summed E-state index contributed by atoms with van der Waals surface area (Å²) in [6.45, 7) is 0. The van der Waals surface area contributed by atoms with Crippen LogP contribution in [0.2, 0.25) is 0 Å². The number of ether oxygens (including phenoxy) is 1. The molecule has 30 heavy (non-hydrogen) atoms. The average molecular weight is 403 g/mol. The SMILES string of the molecule is COc1ccccc1Cc1nc(-c2c3c(nn2C)CCCC3)n(-c2ccnn2C)n1. The van der Waals surface area contributed by atoms with Gasteiger partial charge in [0.1, 0.15) is 11.4 Å². The first kappa shape index (κ1) is 18.6. The summed E-state index contributed by atoms with van der Waals surface area (Å²) in [5.41, 5.74) is 4.58. The smallest absolute Gasteiger partial charge is 0.183 e. The minimum Gasteiger partial charge on any atom is -0.496 e. The number of hydrogen-bond donors (Lipinski definition) is 0. The highest BCUT2D eigenvalue weighted by Gasteiger charge is 2.26. The summed E-state index contributed by atoms with van der Waals surface area (Å²) in [5.74, 6) is 3.26. The van der Waals surface area contributed by atoms with Crippen molar-refractivity contribution in [2.24, 2.45) is 14.1 Å². The molecule has 3 heterocycles. The van der Waals surface area contributed by atoms with Crippen molar-refractivity contribution in [2.75, 3.05) is 7.11 Å². The van der Waals surface area contributed by atoms with Crippen LogP contribution in [0, 0.1) is 0 Å². The Labute approximate surface area is 175 Å². The van der Waals surface area contributed by atoms with Crippen LogP contribution in [0.25, 0.3) is 17.3 Å². The molecule has 1 aromatic carbocycles. The highest BCUT2D eigenvalue weighted by atomic mass is 16.5. The van der Waals surface area contributed by atoms with Crippen molar-refractivity contribution in [3.63, 3.8) is 0 Å². The predicted molar refractivity (Wildman–Crippen MR) is 113 cm³/mol. The molecule has 1 aliphatic carbocycles. The van der Waals surface area contributed by atoms with Gasteiger partial charge in [0.05, 0.1) is 19.0 Å². The maximum atomic E-state index is 5.52. The zero-order chi connectivity index (χ0) is 20.7. The molecule has 0 radical (unpaired) electrons. The standard InChI is InChI=1S/C22H25N7O/c1-27-20(12-13-23-27)29-22(21-16-9-5-6-10-17(16)25-28(21)2)24-19(26-29)14-15-8-4-7-11-18(15)30-3/h4,7-8,11-13H,5-6,9-10,14H2,1-3H3. The van der Waals surface area contributed by atoms with Crippen molar-refractivity contribution in [3.05, 3.63) is 59.2 Å². The van der Waals surface area contributed by atoms with Gasteiger partial charge in [-0.05, 0) is 31.7 Å². The van der Waals surface area contributed by atoms with Crippen LogP contribution in [-0.2, 0) is 33.4 Å². The quantitative estimate of drug-likeness (QED) is 0.512. The summed E-state index contributed by atoms with van der Waals surface area (Å²) in [7, 11) is 5.60. The first-order valence-electron chi connectivity index (χ1n) is 10.3. The lowest BCUT2D eigenvalue weighted by molar-refractivity contribution is 0.410. The number of aryl methyl sites for hydroxylation is 3. The normalized spacial score (nSPS) is 13.4. The number of rotatable bonds is 5. The largest absolute Gasteiger partial charge is 0.496 e. The number of nitrogens with zero attached hydrogens (tertiary/aromatic N) is 7. The van der Waals surface area contributed by atoms with Gasteiger partial charge < -0.3 is 4.74 Å². The van der Waals surface area contributed by atoms with Crippen molar-refractivity contribution in [2.45, 2.75) is 32.1 Å². The van der Waals surface area contributed by atoms with Crippen molar-refractivity contribution in [1.29, 1.82) is 0 Å². The molecule has 8 heteroatoms. The van der Waals surface area contributed by atoms with Crippen molar-refractivity contribution < 1.29 is 4.74 Å². The van der Waals surface area contributed by atoms with Gasteiger partial charge in [0.2, 0.25) is 0 Å². The summed E-state index contributed by atoms with van der Waals surface area (Å²) in [4.78, 5) is 4.98. The molecular formula is C22H25N7O. The van der Waals surface area contributed by atoms with Gasteiger partial charge in [-0.25, -0.2) is 4.98 Å². The van der Waals surface area contributed by atoms with Crippen molar-refractivity contribution in [3.8, 4) is 23.1 Å². The molecule has 0 unspecified atom stereocenters. The van der Waals surface area contributed by atoms with E-state index in [-0.39, 0.29) is 0 Å². The molecule has 0 saturated heterocycles. The van der Waals surface area contributed by atoms with Gasteiger partial charge in [-0.3, -0.25) is 9.36 Å². The van der Waals surface area contributed by atoms with E-state index in [1.807, 2.05) is 52.4 Å². The summed E-state index contributed by atoms with van der Waals surface area (Å²) in [5, 5.41) is 14.0. The second-order valence-electron chi connectivity index (χ2n) is 7.67. The molecule has 0 aliphatic heterocycles. The Balaban J connectivity index is 1.65. The van der Waals surface area contributed by atoms with E-state index in [0.29, 0.717) is 6.42 Å². The topological polar surface area (TPSA) is 75.6 Å². The van der Waals surface area contributed by atoms with Crippen LogP contribution in [0.1, 0.15) is 35.5 Å². The zero-order valence-electron chi connectivity index (χ0n) is 17.5. The zero-order valence-corrected chi connectivity index (χ0v) is 17.5. The minimum absolute atomic E-state index is 0.585. The molecule has 0 amide bonds. The molecule has 1 aliphatic rings. The first-order chi connectivity index (χ1) is 14.7. The molecular weight excluding hydrogens is 378 g/mol. The second-order valence-corrected chi connectivity index (χ2v) is 7.67. The molecule has 0 atom stereocenters. The fraction of sp³-hybridized carbons (Fsp3) is 0.364.